The largest absolute Gasteiger partial charge is 0.354 e. The average Bonchev–Trinajstić information content (AvgIpc) is 2.28. The van der Waals surface area contributed by atoms with Crippen molar-refractivity contribution >= 4 is 33.3 Å². The van der Waals surface area contributed by atoms with Crippen molar-refractivity contribution in [3.8, 4) is 0 Å². The van der Waals surface area contributed by atoms with E-state index in [0.29, 0.717) is 5.02 Å². The predicted molar refractivity (Wildman–Crippen MR) is 80.2 cm³/mol. The standard InChI is InChI=1S/C14H14BrClN2/c1-10-4-3-5-11(6-10)9-18(2)14-13(16)7-12(15)8-17-14/h3-8H,9H2,1-2H3. The molecule has 0 atom stereocenters. The Morgan fingerprint density at radius 1 is 1.33 bits per heavy atom. The van der Waals surface area contributed by atoms with Gasteiger partial charge in [0.2, 0.25) is 0 Å². The van der Waals surface area contributed by atoms with E-state index in [1.54, 1.807) is 6.20 Å². The van der Waals surface area contributed by atoms with E-state index in [9.17, 15) is 0 Å². The number of hydrogen-bond acceptors (Lipinski definition) is 2. The van der Waals surface area contributed by atoms with Crippen LogP contribution >= 0.6 is 27.5 Å². The molecule has 0 bridgehead atoms. The Morgan fingerprint density at radius 2 is 2.11 bits per heavy atom. The number of nitrogens with zero attached hydrogens (tertiary/aromatic N) is 2. The summed E-state index contributed by atoms with van der Waals surface area (Å²) in [6.45, 7) is 2.88. The second-order valence-electron chi connectivity index (χ2n) is 4.30. The summed E-state index contributed by atoms with van der Waals surface area (Å²) >= 11 is 9.54. The molecule has 0 aliphatic rings. The summed E-state index contributed by atoms with van der Waals surface area (Å²) in [5.41, 5.74) is 2.51. The topological polar surface area (TPSA) is 16.1 Å². The molecule has 4 heteroatoms. The predicted octanol–water partition coefficient (Wildman–Crippen LogP) is 4.44. The first-order valence-electron chi connectivity index (χ1n) is 5.64. The van der Waals surface area contributed by atoms with Gasteiger partial charge in [-0.1, -0.05) is 41.4 Å². The van der Waals surface area contributed by atoms with Crippen molar-refractivity contribution in [3.05, 3.63) is 57.2 Å². The van der Waals surface area contributed by atoms with Crippen LogP contribution in [0.15, 0.2) is 41.0 Å². The van der Waals surface area contributed by atoms with Crippen LogP contribution in [0.2, 0.25) is 5.02 Å². The summed E-state index contributed by atoms with van der Waals surface area (Å²) in [6.07, 6.45) is 1.76. The van der Waals surface area contributed by atoms with Crippen molar-refractivity contribution in [3.63, 3.8) is 0 Å². The van der Waals surface area contributed by atoms with Gasteiger partial charge in [-0.25, -0.2) is 4.98 Å². The number of benzene rings is 1. The fourth-order valence-electron chi connectivity index (χ4n) is 1.85. The average molecular weight is 326 g/mol. The lowest BCUT2D eigenvalue weighted by atomic mass is 10.1. The van der Waals surface area contributed by atoms with Crippen LogP contribution in [0.4, 0.5) is 5.82 Å². The molecule has 1 aromatic carbocycles. The molecule has 0 radical (unpaired) electrons. The fourth-order valence-corrected chi connectivity index (χ4v) is 2.62. The van der Waals surface area contributed by atoms with Crippen molar-refractivity contribution in [2.75, 3.05) is 11.9 Å². The SMILES string of the molecule is Cc1cccc(CN(C)c2ncc(Br)cc2Cl)c1. The molecule has 2 aromatic rings. The van der Waals surface area contributed by atoms with Crippen molar-refractivity contribution in [1.82, 2.24) is 4.98 Å². The number of pyridine rings is 1. The van der Waals surface area contributed by atoms with Crippen LogP contribution in [0.5, 0.6) is 0 Å². The highest BCUT2D eigenvalue weighted by Gasteiger charge is 2.08. The normalized spacial score (nSPS) is 10.4. The third-order valence-corrected chi connectivity index (χ3v) is 3.36. The Hall–Kier alpha value is -1.06. The van der Waals surface area contributed by atoms with E-state index in [2.05, 4.69) is 52.1 Å². The van der Waals surface area contributed by atoms with Gasteiger partial charge in [-0.2, -0.15) is 0 Å². The molecule has 2 nitrogen and oxygen atoms in total. The van der Waals surface area contributed by atoms with E-state index in [0.717, 1.165) is 16.8 Å². The Morgan fingerprint density at radius 3 is 2.78 bits per heavy atom. The molecule has 0 amide bonds. The molecule has 0 fully saturated rings. The molecular weight excluding hydrogens is 312 g/mol. The lowest BCUT2D eigenvalue weighted by molar-refractivity contribution is 0.896. The van der Waals surface area contributed by atoms with E-state index in [1.807, 2.05) is 18.0 Å². The first-order chi connectivity index (χ1) is 8.56. The summed E-state index contributed by atoms with van der Waals surface area (Å²) in [7, 11) is 1.99. The molecule has 0 unspecified atom stereocenters. The number of hydrogen-bond donors (Lipinski definition) is 0. The third-order valence-electron chi connectivity index (χ3n) is 2.65. The van der Waals surface area contributed by atoms with E-state index in [4.69, 9.17) is 11.6 Å². The molecular formula is C14H14BrClN2. The van der Waals surface area contributed by atoms with Gasteiger partial charge in [-0.3, -0.25) is 0 Å². The van der Waals surface area contributed by atoms with Crippen molar-refractivity contribution < 1.29 is 0 Å². The Balaban J connectivity index is 2.19. The van der Waals surface area contributed by atoms with Gasteiger partial charge in [0.25, 0.3) is 0 Å². The zero-order valence-electron chi connectivity index (χ0n) is 10.3. The van der Waals surface area contributed by atoms with Crippen LogP contribution in [0.1, 0.15) is 11.1 Å². The zero-order valence-corrected chi connectivity index (χ0v) is 12.7. The highest BCUT2D eigenvalue weighted by atomic mass is 79.9. The molecule has 0 aliphatic carbocycles. The molecule has 0 N–H and O–H groups in total. The van der Waals surface area contributed by atoms with Gasteiger partial charge >= 0.3 is 0 Å². The van der Waals surface area contributed by atoms with E-state index < -0.39 is 0 Å². The van der Waals surface area contributed by atoms with Crippen LogP contribution < -0.4 is 4.90 Å². The maximum atomic E-state index is 6.19. The summed E-state index contributed by atoms with van der Waals surface area (Å²) in [6, 6.07) is 10.3. The van der Waals surface area contributed by atoms with Crippen molar-refractivity contribution in [1.29, 1.82) is 0 Å². The van der Waals surface area contributed by atoms with Crippen LogP contribution in [0.3, 0.4) is 0 Å². The van der Waals surface area contributed by atoms with Crippen LogP contribution in [-0.4, -0.2) is 12.0 Å². The summed E-state index contributed by atoms with van der Waals surface area (Å²) in [5.74, 6) is 0.793. The maximum Gasteiger partial charge on any atom is 0.147 e. The second-order valence-corrected chi connectivity index (χ2v) is 5.63. The Labute approximate surface area is 121 Å². The molecule has 0 saturated heterocycles. The minimum atomic E-state index is 0.652. The van der Waals surface area contributed by atoms with Gasteiger partial charge < -0.3 is 4.90 Å². The summed E-state index contributed by atoms with van der Waals surface area (Å²) in [4.78, 5) is 6.39. The highest BCUT2D eigenvalue weighted by Crippen LogP contribution is 2.26. The molecule has 18 heavy (non-hydrogen) atoms. The zero-order chi connectivity index (χ0) is 13.1. The van der Waals surface area contributed by atoms with E-state index in [-0.39, 0.29) is 0 Å². The van der Waals surface area contributed by atoms with Crippen LogP contribution in [-0.2, 0) is 6.54 Å². The molecule has 1 aromatic heterocycles. The van der Waals surface area contributed by atoms with Crippen LogP contribution in [0.25, 0.3) is 0 Å². The Kier molecular flexibility index (Phi) is 4.25. The maximum absolute atomic E-state index is 6.19. The lowest BCUT2D eigenvalue weighted by Gasteiger charge is -2.19. The van der Waals surface area contributed by atoms with E-state index in [1.165, 1.54) is 11.1 Å². The van der Waals surface area contributed by atoms with Gasteiger partial charge in [0.05, 0.1) is 5.02 Å². The Bertz CT molecular complexity index is 557. The monoisotopic (exact) mass is 324 g/mol. The molecule has 2 rings (SSSR count). The van der Waals surface area contributed by atoms with E-state index >= 15 is 0 Å². The van der Waals surface area contributed by atoms with Crippen molar-refractivity contribution in [2.24, 2.45) is 0 Å². The minimum absolute atomic E-state index is 0.652. The molecule has 0 aliphatic heterocycles. The molecule has 0 saturated carbocycles. The first-order valence-corrected chi connectivity index (χ1v) is 6.81. The number of rotatable bonds is 3. The molecule has 0 spiro atoms. The minimum Gasteiger partial charge on any atom is -0.354 e. The van der Waals surface area contributed by atoms with Gasteiger partial charge in [0, 0.05) is 24.3 Å². The lowest BCUT2D eigenvalue weighted by Crippen LogP contribution is -2.18. The quantitative estimate of drug-likeness (QED) is 0.829. The second kappa shape index (κ2) is 5.72. The highest BCUT2D eigenvalue weighted by molar-refractivity contribution is 9.10. The van der Waals surface area contributed by atoms with Crippen molar-refractivity contribution in [2.45, 2.75) is 13.5 Å². The van der Waals surface area contributed by atoms with Gasteiger partial charge in [0.15, 0.2) is 0 Å². The molecule has 94 valence electrons. The number of anilines is 1. The number of halogens is 2. The van der Waals surface area contributed by atoms with Gasteiger partial charge in [-0.15, -0.1) is 0 Å². The number of aryl methyl sites for hydroxylation is 1. The molecule has 1 heterocycles. The summed E-state index contributed by atoms with van der Waals surface area (Å²) in [5, 5.41) is 0.652. The number of aromatic nitrogens is 1. The smallest absolute Gasteiger partial charge is 0.147 e. The van der Waals surface area contributed by atoms with Gasteiger partial charge in [0.1, 0.15) is 5.82 Å². The third kappa shape index (κ3) is 3.24. The van der Waals surface area contributed by atoms with Crippen LogP contribution in [0, 0.1) is 6.92 Å². The fraction of sp³-hybridized carbons (Fsp3) is 0.214. The van der Waals surface area contributed by atoms with Gasteiger partial charge in [-0.05, 0) is 34.5 Å². The first kappa shape index (κ1) is 13.4. The summed E-state index contributed by atoms with van der Waals surface area (Å²) < 4.78 is 0.889.